The maximum absolute atomic E-state index is 12.3. The van der Waals surface area contributed by atoms with Crippen LogP contribution in [0.3, 0.4) is 0 Å². The van der Waals surface area contributed by atoms with Crippen molar-refractivity contribution in [3.63, 3.8) is 0 Å². The van der Waals surface area contributed by atoms with Gasteiger partial charge in [0.15, 0.2) is 0 Å². The number of amides is 2. The molecule has 27 heavy (non-hydrogen) atoms. The van der Waals surface area contributed by atoms with Gasteiger partial charge in [-0.25, -0.2) is 0 Å². The lowest BCUT2D eigenvalue weighted by molar-refractivity contribution is -0.134. The lowest BCUT2D eigenvalue weighted by Crippen LogP contribution is -2.53. The van der Waals surface area contributed by atoms with E-state index < -0.39 is 0 Å². The zero-order valence-electron chi connectivity index (χ0n) is 15.3. The van der Waals surface area contributed by atoms with Crippen LogP contribution in [0, 0.1) is 11.8 Å². The average molecular weight is 438 g/mol. The largest absolute Gasteiger partial charge is 0.368 e. The number of nitrogens with zero attached hydrogens (tertiary/aromatic N) is 2. The number of hydrogen-bond donors (Lipinski definition) is 2. The molecule has 2 N–H and O–H groups in total. The van der Waals surface area contributed by atoms with Crippen LogP contribution in [-0.4, -0.2) is 62.5 Å². The van der Waals surface area contributed by atoms with Gasteiger partial charge in [0.05, 0.1) is 6.54 Å². The Morgan fingerprint density at radius 2 is 1.74 bits per heavy atom. The Morgan fingerprint density at radius 3 is 2.26 bits per heavy atom. The van der Waals surface area contributed by atoms with E-state index in [-0.39, 0.29) is 49.1 Å². The van der Waals surface area contributed by atoms with E-state index >= 15 is 0 Å². The average Bonchev–Trinajstić information content (AvgIpc) is 2.58. The molecule has 1 unspecified atom stereocenters. The quantitative estimate of drug-likeness (QED) is 0.737. The summed E-state index contributed by atoms with van der Waals surface area (Å²) in [6.45, 7) is 6.68. The summed E-state index contributed by atoms with van der Waals surface area (Å²) in [5.74, 6) is 0.302. The second kappa shape index (κ2) is 11.0. The van der Waals surface area contributed by atoms with E-state index in [1.807, 2.05) is 36.1 Å². The monoisotopic (exact) mass is 436 g/mol. The van der Waals surface area contributed by atoms with Gasteiger partial charge in [0, 0.05) is 42.8 Å². The topological polar surface area (TPSA) is 64.7 Å². The number of nitrogens with one attached hydrogen (secondary N) is 2. The molecule has 2 heterocycles. The van der Waals surface area contributed by atoms with Crippen LogP contribution in [0.5, 0.6) is 0 Å². The highest BCUT2D eigenvalue weighted by Crippen LogP contribution is 2.19. The minimum absolute atomic E-state index is 0. The molecule has 0 bridgehead atoms. The van der Waals surface area contributed by atoms with Crippen LogP contribution >= 0.6 is 36.4 Å². The Kier molecular flexibility index (Phi) is 9.67. The van der Waals surface area contributed by atoms with Crippen molar-refractivity contribution >= 4 is 53.9 Å². The van der Waals surface area contributed by atoms with Gasteiger partial charge in [-0.05, 0) is 43.3 Å². The van der Waals surface area contributed by atoms with Crippen LogP contribution in [0.4, 0.5) is 5.69 Å². The molecule has 2 aliphatic heterocycles. The third kappa shape index (κ3) is 6.14. The molecule has 152 valence electrons. The first-order valence-electron chi connectivity index (χ1n) is 8.81. The van der Waals surface area contributed by atoms with E-state index in [0.717, 1.165) is 36.9 Å². The van der Waals surface area contributed by atoms with Crippen molar-refractivity contribution in [2.75, 3.05) is 50.7 Å². The summed E-state index contributed by atoms with van der Waals surface area (Å²) in [4.78, 5) is 28.5. The Bertz CT molecular complexity index is 618. The molecule has 3 rings (SSSR count). The molecule has 1 aromatic rings. The van der Waals surface area contributed by atoms with E-state index in [1.54, 1.807) is 0 Å². The van der Waals surface area contributed by atoms with Gasteiger partial charge in [-0.15, -0.1) is 24.8 Å². The Balaban J connectivity index is 0.00000182. The zero-order chi connectivity index (χ0) is 17.8. The smallest absolute Gasteiger partial charge is 0.242 e. The molecule has 2 saturated heterocycles. The van der Waals surface area contributed by atoms with Crippen LogP contribution < -0.4 is 15.5 Å². The first-order valence-corrected chi connectivity index (χ1v) is 9.19. The Morgan fingerprint density at radius 1 is 1.15 bits per heavy atom. The van der Waals surface area contributed by atoms with Gasteiger partial charge in [-0.1, -0.05) is 18.5 Å². The second-order valence-electron chi connectivity index (χ2n) is 6.77. The minimum Gasteiger partial charge on any atom is -0.368 e. The van der Waals surface area contributed by atoms with Crippen molar-refractivity contribution in [2.45, 2.75) is 6.92 Å². The van der Waals surface area contributed by atoms with Gasteiger partial charge in [0.1, 0.15) is 0 Å². The number of carbonyl (C=O) groups excluding carboxylic acids is 2. The number of piperazine rings is 1. The maximum Gasteiger partial charge on any atom is 0.242 e. The number of hydrogen-bond acceptors (Lipinski definition) is 4. The van der Waals surface area contributed by atoms with Gasteiger partial charge in [0.2, 0.25) is 11.8 Å². The number of carbonyl (C=O) groups is 2. The summed E-state index contributed by atoms with van der Waals surface area (Å²) in [5, 5.41) is 6.68. The van der Waals surface area contributed by atoms with Crippen molar-refractivity contribution in [1.29, 1.82) is 0 Å². The summed E-state index contributed by atoms with van der Waals surface area (Å²) < 4.78 is 0. The fourth-order valence-corrected chi connectivity index (χ4v) is 3.31. The molecule has 1 atom stereocenters. The summed E-state index contributed by atoms with van der Waals surface area (Å²) in [6, 6.07) is 7.75. The third-order valence-electron chi connectivity index (χ3n) is 5.17. The van der Waals surface area contributed by atoms with Gasteiger partial charge in [-0.2, -0.15) is 0 Å². The minimum atomic E-state index is -0.0456. The number of halogens is 3. The lowest BCUT2D eigenvalue weighted by Gasteiger charge is -2.36. The highest BCUT2D eigenvalue weighted by atomic mass is 35.5. The standard InChI is InChI=1S/C18H25ClN4O2.2ClH/c1-13(14-10-20-11-14)18(25)21-12-17(24)23-8-6-22(7-9-23)16-4-2-15(19)3-5-16;;/h2-5,13-14,20H,6-12H2,1H3,(H,21,25);2*1H. The molecule has 6 nitrogen and oxygen atoms in total. The molecule has 1 aromatic carbocycles. The van der Waals surface area contributed by atoms with E-state index in [2.05, 4.69) is 15.5 Å². The fraction of sp³-hybridized carbons (Fsp3) is 0.556. The summed E-state index contributed by atoms with van der Waals surface area (Å²) in [6.07, 6.45) is 0. The predicted molar refractivity (Wildman–Crippen MR) is 113 cm³/mol. The molecule has 0 aliphatic carbocycles. The zero-order valence-corrected chi connectivity index (χ0v) is 17.7. The summed E-state index contributed by atoms with van der Waals surface area (Å²) >= 11 is 5.92. The van der Waals surface area contributed by atoms with E-state index in [1.165, 1.54) is 0 Å². The van der Waals surface area contributed by atoms with Gasteiger partial charge in [0.25, 0.3) is 0 Å². The SMILES string of the molecule is CC(C(=O)NCC(=O)N1CCN(c2ccc(Cl)cc2)CC1)C1CNC1.Cl.Cl. The van der Waals surface area contributed by atoms with Crippen molar-refractivity contribution < 1.29 is 9.59 Å². The van der Waals surface area contributed by atoms with Crippen molar-refractivity contribution in [2.24, 2.45) is 11.8 Å². The molecule has 2 aliphatic rings. The van der Waals surface area contributed by atoms with Crippen molar-refractivity contribution in [3.8, 4) is 0 Å². The van der Waals surface area contributed by atoms with Crippen LogP contribution in [0.1, 0.15) is 6.92 Å². The summed E-state index contributed by atoms with van der Waals surface area (Å²) in [7, 11) is 0. The Labute approximate surface area is 177 Å². The molecule has 0 radical (unpaired) electrons. The van der Waals surface area contributed by atoms with E-state index in [4.69, 9.17) is 11.6 Å². The van der Waals surface area contributed by atoms with Gasteiger partial charge < -0.3 is 20.4 Å². The first-order chi connectivity index (χ1) is 12.0. The molecule has 0 aromatic heterocycles. The lowest BCUT2D eigenvalue weighted by atomic mass is 9.88. The molecule has 2 amide bonds. The van der Waals surface area contributed by atoms with Crippen LogP contribution in [-0.2, 0) is 9.59 Å². The number of rotatable bonds is 5. The van der Waals surface area contributed by atoms with Crippen LogP contribution in [0.15, 0.2) is 24.3 Å². The first kappa shape index (κ1) is 23.8. The van der Waals surface area contributed by atoms with Gasteiger partial charge in [-0.3, -0.25) is 9.59 Å². The maximum atomic E-state index is 12.3. The highest BCUT2D eigenvalue weighted by Gasteiger charge is 2.29. The van der Waals surface area contributed by atoms with E-state index in [0.29, 0.717) is 19.0 Å². The van der Waals surface area contributed by atoms with Crippen molar-refractivity contribution in [3.05, 3.63) is 29.3 Å². The molecular weight excluding hydrogens is 411 g/mol. The normalized spacial score (nSPS) is 17.9. The van der Waals surface area contributed by atoms with Gasteiger partial charge >= 0.3 is 0 Å². The molecule has 9 heteroatoms. The fourth-order valence-electron chi connectivity index (χ4n) is 3.18. The van der Waals surface area contributed by atoms with Crippen molar-refractivity contribution in [1.82, 2.24) is 15.5 Å². The highest BCUT2D eigenvalue weighted by molar-refractivity contribution is 6.30. The predicted octanol–water partition coefficient (Wildman–Crippen LogP) is 1.80. The van der Waals surface area contributed by atoms with Crippen LogP contribution in [0.25, 0.3) is 0 Å². The van der Waals surface area contributed by atoms with E-state index in [9.17, 15) is 9.59 Å². The molecule has 0 spiro atoms. The number of benzene rings is 1. The second-order valence-corrected chi connectivity index (χ2v) is 7.21. The molecule has 2 fully saturated rings. The van der Waals surface area contributed by atoms with Crippen LogP contribution in [0.2, 0.25) is 5.02 Å². The Hall–Kier alpha value is -1.21. The molecule has 0 saturated carbocycles. The third-order valence-corrected chi connectivity index (χ3v) is 5.42. The number of anilines is 1. The molecular formula is C18H27Cl3N4O2. The summed E-state index contributed by atoms with van der Waals surface area (Å²) in [5.41, 5.74) is 1.12.